The summed E-state index contributed by atoms with van der Waals surface area (Å²) in [5.74, 6) is -5.84. The fraction of sp³-hybridized carbons (Fsp3) is 0.316. The summed E-state index contributed by atoms with van der Waals surface area (Å²) in [5.41, 5.74) is -0.428. The van der Waals surface area contributed by atoms with E-state index in [1.807, 2.05) is 5.32 Å². The number of hydrogen-bond donors (Lipinski definition) is 1. The number of hydrogen-bond acceptors (Lipinski definition) is 5. The Labute approximate surface area is 176 Å². The molecule has 1 amide bonds. The van der Waals surface area contributed by atoms with Crippen LogP contribution in [0.1, 0.15) is 24.5 Å². The molecule has 1 N–H and O–H groups in total. The molecule has 31 heavy (non-hydrogen) atoms. The fourth-order valence-electron chi connectivity index (χ4n) is 2.83. The number of nitrogens with one attached hydrogen (secondary N) is 1. The molecule has 0 aromatic heterocycles. The topological polar surface area (TPSA) is 110 Å². The lowest BCUT2D eigenvalue weighted by molar-refractivity contribution is -0.385. The van der Waals surface area contributed by atoms with Gasteiger partial charge in [-0.25, -0.2) is 21.6 Å². The minimum atomic E-state index is -4.34. The second kappa shape index (κ2) is 9.43. The van der Waals surface area contributed by atoms with Crippen LogP contribution in [0.5, 0.6) is 0 Å². The van der Waals surface area contributed by atoms with E-state index in [1.165, 1.54) is 19.9 Å². The van der Waals surface area contributed by atoms with Gasteiger partial charge < -0.3 is 5.32 Å². The first-order chi connectivity index (χ1) is 14.4. The van der Waals surface area contributed by atoms with Crippen LogP contribution in [0.4, 0.5) is 24.5 Å². The van der Waals surface area contributed by atoms with Gasteiger partial charge in [0.05, 0.1) is 22.1 Å². The molecular weight excluding hydrogens is 439 g/mol. The number of carbonyl (C=O) groups is 1. The summed E-state index contributed by atoms with van der Waals surface area (Å²) < 4.78 is 67.3. The molecule has 0 saturated heterocycles. The van der Waals surface area contributed by atoms with E-state index >= 15 is 0 Å². The van der Waals surface area contributed by atoms with Gasteiger partial charge in [0.25, 0.3) is 5.69 Å². The molecule has 0 fully saturated rings. The van der Waals surface area contributed by atoms with E-state index in [-0.39, 0.29) is 17.0 Å². The highest BCUT2D eigenvalue weighted by molar-refractivity contribution is 7.89. The highest BCUT2D eigenvalue weighted by atomic mass is 32.2. The molecule has 0 spiro atoms. The van der Waals surface area contributed by atoms with Crippen LogP contribution in [0.3, 0.4) is 0 Å². The van der Waals surface area contributed by atoms with E-state index in [0.717, 1.165) is 16.4 Å². The monoisotopic (exact) mass is 459 g/mol. The Balaban J connectivity index is 2.38. The summed E-state index contributed by atoms with van der Waals surface area (Å²) in [6.07, 6.45) is 0.305. The van der Waals surface area contributed by atoms with E-state index in [2.05, 4.69) is 0 Å². The number of aryl methyl sites for hydroxylation is 1. The maximum atomic E-state index is 13.8. The van der Waals surface area contributed by atoms with Crippen LogP contribution in [-0.4, -0.2) is 36.6 Å². The third-order valence-electron chi connectivity index (χ3n) is 4.54. The summed E-state index contributed by atoms with van der Waals surface area (Å²) in [5, 5.41) is 13.2. The SMILES string of the molecule is CCCN(CC(=O)Nc1ccc(F)c(F)c1F)S(=O)(=O)c1cc([N+](=O)[O-])cc(C)c1C. The van der Waals surface area contributed by atoms with Crippen LogP contribution in [0.25, 0.3) is 0 Å². The lowest BCUT2D eigenvalue weighted by Gasteiger charge is -2.22. The number of halogens is 3. The normalized spacial score (nSPS) is 11.6. The highest BCUT2D eigenvalue weighted by Crippen LogP contribution is 2.28. The summed E-state index contributed by atoms with van der Waals surface area (Å²) in [7, 11) is -4.34. The quantitative estimate of drug-likeness (QED) is 0.368. The van der Waals surface area contributed by atoms with Crippen molar-refractivity contribution in [2.24, 2.45) is 0 Å². The van der Waals surface area contributed by atoms with Gasteiger partial charge in [-0.05, 0) is 43.5 Å². The van der Waals surface area contributed by atoms with Gasteiger partial charge in [0.15, 0.2) is 17.5 Å². The Morgan fingerprint density at radius 1 is 1.16 bits per heavy atom. The van der Waals surface area contributed by atoms with Gasteiger partial charge >= 0.3 is 0 Å². The Kier molecular flexibility index (Phi) is 7.39. The molecule has 2 aromatic rings. The number of nitrogens with zero attached hydrogens (tertiary/aromatic N) is 2. The second-order valence-corrected chi connectivity index (χ2v) is 8.66. The standard InChI is InChI=1S/C19H20F3N3O5S/c1-4-7-24(10-17(26)23-15-6-5-14(20)18(21)19(15)22)31(29,30)16-9-13(25(27)28)8-11(2)12(16)3/h5-6,8-9H,4,7,10H2,1-3H3,(H,23,26). The lowest BCUT2D eigenvalue weighted by atomic mass is 10.1. The maximum Gasteiger partial charge on any atom is 0.271 e. The van der Waals surface area contributed by atoms with Crippen molar-refractivity contribution in [2.75, 3.05) is 18.4 Å². The van der Waals surface area contributed by atoms with Gasteiger partial charge in [-0.1, -0.05) is 6.92 Å². The minimum absolute atomic E-state index is 0.114. The van der Waals surface area contributed by atoms with Crippen LogP contribution in [0.2, 0.25) is 0 Å². The van der Waals surface area contributed by atoms with E-state index < -0.39 is 56.2 Å². The zero-order valence-corrected chi connectivity index (χ0v) is 17.7. The zero-order chi connectivity index (χ0) is 23.5. The molecule has 0 heterocycles. The summed E-state index contributed by atoms with van der Waals surface area (Å²) in [6.45, 7) is 3.77. The molecule has 2 rings (SSSR count). The Morgan fingerprint density at radius 3 is 2.39 bits per heavy atom. The number of carbonyl (C=O) groups excluding carboxylic acids is 1. The number of amides is 1. The smallest absolute Gasteiger partial charge is 0.271 e. The molecule has 0 unspecified atom stereocenters. The lowest BCUT2D eigenvalue weighted by Crippen LogP contribution is -2.39. The molecule has 168 valence electrons. The Morgan fingerprint density at radius 2 is 1.81 bits per heavy atom. The molecule has 0 saturated carbocycles. The number of anilines is 1. The van der Waals surface area contributed by atoms with Crippen LogP contribution in [0, 0.1) is 41.4 Å². The van der Waals surface area contributed by atoms with Crippen LogP contribution >= 0.6 is 0 Å². The third-order valence-corrected chi connectivity index (χ3v) is 6.51. The summed E-state index contributed by atoms with van der Waals surface area (Å²) in [4.78, 5) is 22.4. The van der Waals surface area contributed by atoms with Crippen molar-refractivity contribution in [2.45, 2.75) is 32.1 Å². The van der Waals surface area contributed by atoms with Gasteiger partial charge in [-0.15, -0.1) is 0 Å². The van der Waals surface area contributed by atoms with Crippen molar-refractivity contribution in [3.63, 3.8) is 0 Å². The van der Waals surface area contributed by atoms with Crippen LogP contribution < -0.4 is 5.32 Å². The Bertz CT molecular complexity index is 1140. The molecule has 0 atom stereocenters. The average molecular weight is 459 g/mol. The van der Waals surface area contributed by atoms with E-state index in [4.69, 9.17) is 0 Å². The van der Waals surface area contributed by atoms with Crippen LogP contribution in [0.15, 0.2) is 29.2 Å². The van der Waals surface area contributed by atoms with Crippen molar-refractivity contribution in [1.29, 1.82) is 0 Å². The molecule has 12 heteroatoms. The molecule has 0 bridgehead atoms. The maximum absolute atomic E-state index is 13.8. The summed E-state index contributed by atoms with van der Waals surface area (Å²) in [6, 6.07) is 3.56. The number of nitro groups is 1. The first kappa shape index (κ1) is 24.3. The molecule has 0 aliphatic rings. The third kappa shape index (κ3) is 5.20. The molecule has 0 aliphatic carbocycles. The zero-order valence-electron chi connectivity index (χ0n) is 16.9. The first-order valence-corrected chi connectivity index (χ1v) is 10.5. The first-order valence-electron chi connectivity index (χ1n) is 9.09. The second-order valence-electron chi connectivity index (χ2n) is 6.75. The molecule has 2 aromatic carbocycles. The molecule has 0 radical (unpaired) electrons. The molecule has 8 nitrogen and oxygen atoms in total. The van der Waals surface area contributed by atoms with Gasteiger partial charge in [0.1, 0.15) is 0 Å². The molecular formula is C19H20F3N3O5S. The largest absolute Gasteiger partial charge is 0.322 e. The van der Waals surface area contributed by atoms with E-state index in [1.54, 1.807) is 6.92 Å². The minimum Gasteiger partial charge on any atom is -0.322 e. The van der Waals surface area contributed by atoms with Crippen molar-refractivity contribution in [3.05, 3.63) is 63.0 Å². The van der Waals surface area contributed by atoms with Gasteiger partial charge in [0.2, 0.25) is 15.9 Å². The van der Waals surface area contributed by atoms with Gasteiger partial charge in [0, 0.05) is 18.7 Å². The number of non-ortho nitro benzene ring substituents is 1. The average Bonchev–Trinajstić information content (AvgIpc) is 2.69. The summed E-state index contributed by atoms with van der Waals surface area (Å²) >= 11 is 0. The van der Waals surface area contributed by atoms with Crippen molar-refractivity contribution < 1.29 is 31.3 Å². The van der Waals surface area contributed by atoms with E-state index in [0.29, 0.717) is 18.1 Å². The number of sulfonamides is 1. The van der Waals surface area contributed by atoms with Gasteiger partial charge in [-0.2, -0.15) is 4.31 Å². The number of nitro benzene ring substituents is 1. The number of benzene rings is 2. The highest BCUT2D eigenvalue weighted by Gasteiger charge is 2.30. The van der Waals surface area contributed by atoms with Crippen molar-refractivity contribution >= 4 is 27.3 Å². The fourth-order valence-corrected chi connectivity index (χ4v) is 4.63. The molecule has 0 aliphatic heterocycles. The predicted molar refractivity (Wildman–Crippen MR) is 107 cm³/mol. The van der Waals surface area contributed by atoms with E-state index in [9.17, 15) is 36.5 Å². The van der Waals surface area contributed by atoms with Crippen molar-refractivity contribution in [3.8, 4) is 0 Å². The van der Waals surface area contributed by atoms with Gasteiger partial charge in [-0.3, -0.25) is 14.9 Å². The van der Waals surface area contributed by atoms with Crippen LogP contribution in [-0.2, 0) is 14.8 Å². The van der Waals surface area contributed by atoms with Crippen molar-refractivity contribution in [1.82, 2.24) is 4.31 Å². The predicted octanol–water partition coefficient (Wildman–Crippen LogP) is 3.67. The Hall–Kier alpha value is -2.99. The number of rotatable bonds is 8.